The quantitative estimate of drug-likeness (QED) is 0.488. The van der Waals surface area contributed by atoms with Gasteiger partial charge in [0.1, 0.15) is 0 Å². The monoisotopic (exact) mass is 546 g/mol. The molecule has 0 aromatic carbocycles. The van der Waals surface area contributed by atoms with Crippen LogP contribution >= 0.6 is 0 Å². The van der Waals surface area contributed by atoms with Crippen LogP contribution in [0.5, 0.6) is 0 Å². The molecule has 2 saturated carbocycles. The van der Waals surface area contributed by atoms with Gasteiger partial charge >= 0.3 is 46.9 Å². The molecule has 0 bridgehead atoms. The Balaban J connectivity index is 0.000000200. The molecule has 0 heterocycles. The molecule has 2 fully saturated rings. The van der Waals surface area contributed by atoms with Crippen molar-refractivity contribution in [2.45, 2.75) is 12.8 Å². The van der Waals surface area contributed by atoms with E-state index >= 15 is 0 Å². The molecule has 0 atom stereocenters. The van der Waals surface area contributed by atoms with Gasteiger partial charge in [0, 0.05) is 23.7 Å². The molecule has 4 rings (SSSR count). The third-order valence-electron chi connectivity index (χ3n) is 5.20. The van der Waals surface area contributed by atoms with Crippen LogP contribution in [0.25, 0.3) is 0 Å². The van der Waals surface area contributed by atoms with Crippen LogP contribution in [0.1, 0.15) is 12.8 Å². The van der Waals surface area contributed by atoms with Crippen molar-refractivity contribution in [2.24, 2.45) is 0 Å². The van der Waals surface area contributed by atoms with E-state index in [1.807, 2.05) is 0 Å². The first-order chi connectivity index (χ1) is 13.5. The standard InChI is InChI=1S/2C13H16N.Yb/c2*1-14(2)10-9-12-8-7-11-5-3-4-6-13(11)12;/h2*3-8H,9-10H2,1-2H3;/q;;+2. The molecule has 0 aliphatic heterocycles. The SMILES string of the molecule is CN(C)CC[C]1[CH][CH][C]2C=CC=C[C]21.CN(C)CC[C]1[CH][CH][C]2C=CC=C[C]21.[Yb+2]. The largest absolute Gasteiger partial charge is 2.00 e. The van der Waals surface area contributed by atoms with E-state index in [9.17, 15) is 0 Å². The molecule has 158 valence electrons. The Kier molecular flexibility index (Phi) is 11.6. The van der Waals surface area contributed by atoms with Crippen molar-refractivity contribution in [1.29, 1.82) is 0 Å². The average molecular weight is 546 g/mol. The second-order valence-electron chi connectivity index (χ2n) is 8.00. The number of hydrogen-bond acceptors (Lipinski definition) is 2. The summed E-state index contributed by atoms with van der Waals surface area (Å²) in [5, 5.41) is 0. The normalized spacial score (nSPS) is 22.8. The average Bonchev–Trinajstić information content (AvgIpc) is 3.29. The maximum atomic E-state index is 2.24. The molecule has 0 amide bonds. The van der Waals surface area contributed by atoms with Gasteiger partial charge in [-0.2, -0.15) is 0 Å². The summed E-state index contributed by atoms with van der Waals surface area (Å²) in [5.74, 6) is 8.48. The number of rotatable bonds is 6. The smallest absolute Gasteiger partial charge is 0.309 e. The molecule has 0 saturated heterocycles. The molecular weight excluding hydrogens is 513 g/mol. The third-order valence-corrected chi connectivity index (χ3v) is 5.20. The van der Waals surface area contributed by atoms with E-state index in [2.05, 4.69) is 112 Å². The first-order valence-corrected chi connectivity index (χ1v) is 10.1. The van der Waals surface area contributed by atoms with Gasteiger partial charge in [0.05, 0.1) is 0 Å². The Morgan fingerprint density at radius 1 is 0.552 bits per heavy atom. The van der Waals surface area contributed by atoms with Crippen molar-refractivity contribution in [3.8, 4) is 0 Å². The Labute approximate surface area is 218 Å². The van der Waals surface area contributed by atoms with Gasteiger partial charge in [-0.3, -0.25) is 0 Å². The van der Waals surface area contributed by atoms with Gasteiger partial charge in [0.25, 0.3) is 0 Å². The summed E-state index contributed by atoms with van der Waals surface area (Å²) in [6, 6.07) is 0. The fourth-order valence-corrected chi connectivity index (χ4v) is 3.55. The number of nitrogens with zero attached hydrogens (tertiary/aromatic N) is 2. The van der Waals surface area contributed by atoms with Gasteiger partial charge < -0.3 is 9.80 Å². The van der Waals surface area contributed by atoms with E-state index in [0.717, 1.165) is 25.9 Å². The van der Waals surface area contributed by atoms with Gasteiger partial charge in [-0.05, 0) is 91.6 Å². The molecule has 10 radical (unpaired) electrons. The fraction of sp³-hybridized carbons (Fsp3) is 0.308. The van der Waals surface area contributed by atoms with Crippen molar-refractivity contribution in [2.75, 3.05) is 41.3 Å². The minimum atomic E-state index is 0. The number of allylic oxidation sites excluding steroid dienone is 8. The van der Waals surface area contributed by atoms with Gasteiger partial charge in [-0.1, -0.05) is 48.6 Å². The Morgan fingerprint density at radius 2 is 0.931 bits per heavy atom. The molecule has 4 aliphatic carbocycles. The van der Waals surface area contributed by atoms with Crippen LogP contribution in [-0.2, 0) is 0 Å². The Bertz CT molecular complexity index is 538. The maximum absolute atomic E-state index is 2.24. The molecule has 0 aromatic heterocycles. The molecule has 0 N–H and O–H groups in total. The van der Waals surface area contributed by atoms with Crippen LogP contribution in [0.4, 0.5) is 0 Å². The van der Waals surface area contributed by atoms with Gasteiger partial charge in [0.2, 0.25) is 0 Å². The van der Waals surface area contributed by atoms with E-state index in [1.54, 1.807) is 0 Å². The zero-order valence-electron chi connectivity index (χ0n) is 17.9. The molecule has 4 aliphatic rings. The summed E-state index contributed by atoms with van der Waals surface area (Å²) < 4.78 is 0. The van der Waals surface area contributed by atoms with E-state index in [4.69, 9.17) is 0 Å². The summed E-state index contributed by atoms with van der Waals surface area (Å²) in [6.07, 6.45) is 28.4. The molecule has 0 unspecified atom stereocenters. The van der Waals surface area contributed by atoms with Crippen LogP contribution < -0.4 is 0 Å². The predicted octanol–water partition coefficient (Wildman–Crippen LogP) is 4.42. The van der Waals surface area contributed by atoms with Crippen LogP contribution in [-0.4, -0.2) is 51.1 Å². The number of hydrogen-bond donors (Lipinski definition) is 0. The van der Waals surface area contributed by atoms with Gasteiger partial charge in [-0.25, -0.2) is 0 Å². The van der Waals surface area contributed by atoms with Crippen molar-refractivity contribution in [1.82, 2.24) is 9.80 Å². The second-order valence-corrected chi connectivity index (χ2v) is 8.00. The van der Waals surface area contributed by atoms with E-state index in [1.165, 1.54) is 35.5 Å². The van der Waals surface area contributed by atoms with Crippen LogP contribution in [0.3, 0.4) is 0 Å². The van der Waals surface area contributed by atoms with Crippen molar-refractivity contribution in [3.63, 3.8) is 0 Å². The zero-order chi connectivity index (χ0) is 19.9. The maximum Gasteiger partial charge on any atom is 2.00 e. The van der Waals surface area contributed by atoms with Crippen molar-refractivity contribution >= 4 is 0 Å². The predicted molar refractivity (Wildman–Crippen MR) is 120 cm³/mol. The minimum Gasteiger partial charge on any atom is -0.309 e. The Morgan fingerprint density at radius 3 is 1.31 bits per heavy atom. The summed E-state index contributed by atoms with van der Waals surface area (Å²) in [4.78, 5) is 4.45. The molecule has 0 spiro atoms. The first kappa shape index (κ1) is 25.7. The summed E-state index contributed by atoms with van der Waals surface area (Å²) in [6.45, 7) is 2.24. The molecule has 2 nitrogen and oxygen atoms in total. The topological polar surface area (TPSA) is 6.48 Å². The third kappa shape index (κ3) is 7.79. The first-order valence-electron chi connectivity index (χ1n) is 10.1. The van der Waals surface area contributed by atoms with Crippen molar-refractivity contribution < 1.29 is 46.9 Å². The second kappa shape index (κ2) is 13.1. The molecule has 0 aromatic rings. The molecule has 3 heteroatoms. The molecular formula is C26H32N2Yb+2. The van der Waals surface area contributed by atoms with Crippen LogP contribution in [0.2, 0.25) is 0 Å². The molecule has 29 heavy (non-hydrogen) atoms. The van der Waals surface area contributed by atoms with Crippen molar-refractivity contribution in [3.05, 3.63) is 110 Å². The summed E-state index contributed by atoms with van der Waals surface area (Å²) in [5.41, 5.74) is 0. The van der Waals surface area contributed by atoms with E-state index in [0.29, 0.717) is 0 Å². The summed E-state index contributed by atoms with van der Waals surface area (Å²) in [7, 11) is 8.46. The van der Waals surface area contributed by atoms with E-state index in [-0.39, 0.29) is 46.9 Å². The van der Waals surface area contributed by atoms with Crippen LogP contribution in [0.15, 0.2) is 48.6 Å². The minimum absolute atomic E-state index is 0. The van der Waals surface area contributed by atoms with E-state index < -0.39 is 0 Å². The van der Waals surface area contributed by atoms with Crippen LogP contribution in [0, 0.1) is 108 Å². The zero-order valence-corrected chi connectivity index (χ0v) is 19.6. The number of fused-ring (bicyclic) bond motifs is 2. The van der Waals surface area contributed by atoms with Gasteiger partial charge in [0.15, 0.2) is 0 Å². The Hall–Kier alpha value is 0.399. The summed E-state index contributed by atoms with van der Waals surface area (Å²) >= 11 is 0. The van der Waals surface area contributed by atoms with Gasteiger partial charge in [-0.15, -0.1) is 0 Å². The fourth-order valence-electron chi connectivity index (χ4n) is 3.55.